The highest BCUT2D eigenvalue weighted by Crippen LogP contribution is 2.21. The molecule has 1 aliphatic rings. The van der Waals surface area contributed by atoms with Gasteiger partial charge in [0.1, 0.15) is 0 Å². The maximum Gasteiger partial charge on any atom is 0.0537 e. The number of H-pyrrole nitrogens is 1. The van der Waals surface area contributed by atoms with Crippen molar-refractivity contribution < 1.29 is 0 Å². The molecule has 3 heteroatoms. The van der Waals surface area contributed by atoms with E-state index in [0.717, 1.165) is 13.1 Å². The van der Waals surface area contributed by atoms with Gasteiger partial charge in [0.05, 0.1) is 11.9 Å². The van der Waals surface area contributed by atoms with Crippen LogP contribution in [0, 0.1) is 0 Å². The summed E-state index contributed by atoms with van der Waals surface area (Å²) >= 11 is 0. The fourth-order valence-corrected chi connectivity index (χ4v) is 1.45. The largest absolute Gasteiger partial charge is 0.291 e. The van der Waals surface area contributed by atoms with Gasteiger partial charge in [0, 0.05) is 24.7 Å². The minimum absolute atomic E-state index is 0.635. The Kier molecular flexibility index (Phi) is 1.46. The fourth-order valence-electron chi connectivity index (χ4n) is 1.45. The van der Waals surface area contributed by atoms with Gasteiger partial charge in [-0.3, -0.25) is 10.00 Å². The highest BCUT2D eigenvalue weighted by atomic mass is 15.2. The number of nitrogens with one attached hydrogen (secondary N) is 1. The van der Waals surface area contributed by atoms with E-state index in [1.165, 1.54) is 11.3 Å². The molecular weight excluding hydrogens is 138 g/mol. The van der Waals surface area contributed by atoms with E-state index < -0.39 is 0 Å². The van der Waals surface area contributed by atoms with E-state index in [2.05, 4.69) is 28.9 Å². The number of hydrogen-bond acceptors (Lipinski definition) is 2. The third kappa shape index (κ3) is 1.05. The highest BCUT2D eigenvalue weighted by Gasteiger charge is 2.21. The van der Waals surface area contributed by atoms with Crippen molar-refractivity contribution in [1.29, 1.82) is 0 Å². The number of aromatic nitrogens is 2. The molecule has 0 radical (unpaired) electrons. The van der Waals surface area contributed by atoms with E-state index in [4.69, 9.17) is 0 Å². The van der Waals surface area contributed by atoms with Crippen molar-refractivity contribution >= 4 is 0 Å². The summed E-state index contributed by atoms with van der Waals surface area (Å²) in [6.07, 6.45) is 1.93. The molecule has 0 amide bonds. The fraction of sp³-hybridized carbons (Fsp3) is 0.625. The van der Waals surface area contributed by atoms with Gasteiger partial charge in [0.15, 0.2) is 0 Å². The molecule has 0 aliphatic carbocycles. The first-order chi connectivity index (χ1) is 5.27. The zero-order valence-electron chi connectivity index (χ0n) is 6.96. The van der Waals surface area contributed by atoms with Crippen molar-refractivity contribution in [2.75, 3.05) is 0 Å². The Labute approximate surface area is 66.4 Å². The predicted octanol–water partition coefficient (Wildman–Crippen LogP) is 1.13. The quantitative estimate of drug-likeness (QED) is 0.652. The Morgan fingerprint density at radius 3 is 3.00 bits per heavy atom. The summed E-state index contributed by atoms with van der Waals surface area (Å²) in [6, 6.07) is 0.635. The number of fused-ring (bicyclic) bond motifs is 1. The van der Waals surface area contributed by atoms with E-state index in [1.807, 2.05) is 6.20 Å². The zero-order chi connectivity index (χ0) is 7.84. The molecule has 1 aliphatic heterocycles. The van der Waals surface area contributed by atoms with Crippen molar-refractivity contribution in [3.63, 3.8) is 0 Å². The van der Waals surface area contributed by atoms with Crippen molar-refractivity contribution in [2.45, 2.75) is 33.0 Å². The van der Waals surface area contributed by atoms with Gasteiger partial charge in [-0.05, 0) is 13.8 Å². The molecule has 0 fully saturated rings. The summed E-state index contributed by atoms with van der Waals surface area (Å²) in [4.78, 5) is 2.42. The van der Waals surface area contributed by atoms with Crippen LogP contribution < -0.4 is 0 Å². The first-order valence-electron chi connectivity index (χ1n) is 4.02. The van der Waals surface area contributed by atoms with E-state index in [9.17, 15) is 0 Å². The molecule has 1 aromatic rings. The second-order valence-electron chi connectivity index (χ2n) is 3.37. The Bertz CT molecular complexity index is 231. The number of nitrogens with zero attached hydrogens (tertiary/aromatic N) is 2. The average molecular weight is 151 g/mol. The monoisotopic (exact) mass is 151 g/mol. The van der Waals surface area contributed by atoms with E-state index in [1.54, 1.807) is 0 Å². The molecule has 2 rings (SSSR count). The van der Waals surface area contributed by atoms with Gasteiger partial charge in [-0.2, -0.15) is 5.10 Å². The standard InChI is InChI=1S/C8H13N3/c1-6(2)11-4-7-3-9-10-8(7)5-11/h3,6H,4-5H2,1-2H3,(H,9,10). The van der Waals surface area contributed by atoms with Crippen molar-refractivity contribution in [3.05, 3.63) is 17.5 Å². The van der Waals surface area contributed by atoms with E-state index in [0.29, 0.717) is 6.04 Å². The SMILES string of the molecule is CC(C)N1Cc2cn[nH]c2C1. The topological polar surface area (TPSA) is 31.9 Å². The Balaban J connectivity index is 2.16. The third-order valence-electron chi connectivity index (χ3n) is 2.27. The molecule has 1 N–H and O–H groups in total. The summed E-state index contributed by atoms with van der Waals surface area (Å²) in [5, 5.41) is 7.00. The van der Waals surface area contributed by atoms with Gasteiger partial charge in [0.2, 0.25) is 0 Å². The molecule has 11 heavy (non-hydrogen) atoms. The van der Waals surface area contributed by atoms with Gasteiger partial charge in [-0.15, -0.1) is 0 Å². The molecule has 0 saturated carbocycles. The van der Waals surface area contributed by atoms with Gasteiger partial charge in [-0.25, -0.2) is 0 Å². The predicted molar refractivity (Wildman–Crippen MR) is 43.0 cm³/mol. The van der Waals surface area contributed by atoms with Gasteiger partial charge < -0.3 is 0 Å². The third-order valence-corrected chi connectivity index (χ3v) is 2.27. The summed E-state index contributed by atoms with van der Waals surface area (Å²) < 4.78 is 0. The van der Waals surface area contributed by atoms with Crippen molar-refractivity contribution in [1.82, 2.24) is 15.1 Å². The minimum Gasteiger partial charge on any atom is -0.291 e. The average Bonchev–Trinajstić information content (AvgIpc) is 2.40. The van der Waals surface area contributed by atoms with Gasteiger partial charge in [0.25, 0.3) is 0 Å². The lowest BCUT2D eigenvalue weighted by molar-refractivity contribution is 0.224. The van der Waals surface area contributed by atoms with Crippen LogP contribution in [-0.4, -0.2) is 21.1 Å². The molecule has 0 bridgehead atoms. The Morgan fingerprint density at radius 2 is 2.36 bits per heavy atom. The lowest BCUT2D eigenvalue weighted by Gasteiger charge is -2.18. The molecule has 0 saturated heterocycles. The minimum atomic E-state index is 0.635. The molecule has 2 heterocycles. The normalized spacial score (nSPS) is 17.7. The number of rotatable bonds is 1. The lowest BCUT2D eigenvalue weighted by Crippen LogP contribution is -2.24. The molecule has 60 valence electrons. The first kappa shape index (κ1) is 6.85. The number of aromatic amines is 1. The van der Waals surface area contributed by atoms with Crippen LogP contribution in [0.15, 0.2) is 6.20 Å². The second kappa shape index (κ2) is 2.34. The first-order valence-corrected chi connectivity index (χ1v) is 4.02. The zero-order valence-corrected chi connectivity index (χ0v) is 6.96. The molecule has 0 aromatic carbocycles. The molecule has 3 nitrogen and oxygen atoms in total. The molecule has 1 aromatic heterocycles. The van der Waals surface area contributed by atoms with Crippen LogP contribution in [0.1, 0.15) is 25.1 Å². The summed E-state index contributed by atoms with van der Waals surface area (Å²) in [5.74, 6) is 0. The van der Waals surface area contributed by atoms with Crippen molar-refractivity contribution in [3.8, 4) is 0 Å². The Hall–Kier alpha value is -0.830. The second-order valence-corrected chi connectivity index (χ2v) is 3.37. The number of hydrogen-bond donors (Lipinski definition) is 1. The van der Waals surface area contributed by atoms with Crippen LogP contribution in [-0.2, 0) is 13.1 Å². The molecular formula is C8H13N3. The van der Waals surface area contributed by atoms with E-state index >= 15 is 0 Å². The van der Waals surface area contributed by atoms with Crippen LogP contribution in [0.4, 0.5) is 0 Å². The van der Waals surface area contributed by atoms with Crippen LogP contribution in [0.5, 0.6) is 0 Å². The summed E-state index contributed by atoms with van der Waals surface area (Å²) in [7, 11) is 0. The lowest BCUT2D eigenvalue weighted by atomic mass is 10.3. The summed E-state index contributed by atoms with van der Waals surface area (Å²) in [6.45, 7) is 6.54. The van der Waals surface area contributed by atoms with Crippen LogP contribution in [0.25, 0.3) is 0 Å². The van der Waals surface area contributed by atoms with Gasteiger partial charge in [-0.1, -0.05) is 0 Å². The highest BCUT2D eigenvalue weighted by molar-refractivity contribution is 5.20. The molecule has 0 unspecified atom stereocenters. The smallest absolute Gasteiger partial charge is 0.0537 e. The van der Waals surface area contributed by atoms with E-state index in [-0.39, 0.29) is 0 Å². The summed E-state index contributed by atoms with van der Waals surface area (Å²) in [5.41, 5.74) is 2.65. The maximum absolute atomic E-state index is 3.99. The molecule has 0 spiro atoms. The van der Waals surface area contributed by atoms with Crippen molar-refractivity contribution in [2.24, 2.45) is 0 Å². The Morgan fingerprint density at radius 1 is 1.55 bits per heavy atom. The van der Waals surface area contributed by atoms with Crippen LogP contribution in [0.2, 0.25) is 0 Å². The van der Waals surface area contributed by atoms with Crippen LogP contribution in [0.3, 0.4) is 0 Å². The maximum atomic E-state index is 3.99. The van der Waals surface area contributed by atoms with Crippen LogP contribution >= 0.6 is 0 Å². The molecule has 0 atom stereocenters. The van der Waals surface area contributed by atoms with Gasteiger partial charge >= 0.3 is 0 Å².